The van der Waals surface area contributed by atoms with Gasteiger partial charge in [-0.15, -0.1) is 0 Å². The van der Waals surface area contributed by atoms with Crippen molar-refractivity contribution < 1.29 is 53.2 Å². The molecule has 0 heterocycles. The first-order valence-electron chi connectivity index (χ1n) is 29.2. The van der Waals surface area contributed by atoms with Crippen LogP contribution in [0.2, 0.25) is 36.3 Å². The molecular weight excluding hydrogens is 953 g/mol. The van der Waals surface area contributed by atoms with Crippen LogP contribution in [0, 0.1) is 34.5 Å². The smallest absolute Gasteiger partial charge is 0.303 e. The van der Waals surface area contributed by atoms with Gasteiger partial charge in [-0.3, -0.25) is 19.2 Å². The van der Waals surface area contributed by atoms with Crippen molar-refractivity contribution in [2.75, 3.05) is 0 Å². The molecular formula is C60H108O11Si2. The highest BCUT2D eigenvalue weighted by atomic mass is 28.4. The van der Waals surface area contributed by atoms with Crippen LogP contribution < -0.4 is 0 Å². The van der Waals surface area contributed by atoms with Crippen LogP contribution in [0.25, 0.3) is 0 Å². The van der Waals surface area contributed by atoms with Crippen molar-refractivity contribution in [1.82, 2.24) is 0 Å². The maximum Gasteiger partial charge on any atom is 0.303 e. The summed E-state index contributed by atoms with van der Waals surface area (Å²) in [6.07, 6.45) is 31.2. The predicted octanol–water partition coefficient (Wildman–Crippen LogP) is 14.9. The van der Waals surface area contributed by atoms with E-state index in [-0.39, 0.29) is 100 Å². The second-order valence-electron chi connectivity index (χ2n) is 26.3. The molecule has 4 aliphatic carbocycles. The minimum absolute atomic E-state index is 0.0107. The molecule has 0 aromatic carbocycles. The number of carbonyl (C=O) groups is 4. The van der Waals surface area contributed by atoms with Crippen molar-refractivity contribution in [2.45, 2.75) is 296 Å². The lowest BCUT2D eigenvalue weighted by Gasteiger charge is -2.51. The summed E-state index contributed by atoms with van der Waals surface area (Å²) in [5, 5.41) is 38.9. The summed E-state index contributed by atoms with van der Waals surface area (Å²) in [4.78, 5) is 46.1. The number of aliphatic hydroxyl groups excluding tert-OH is 2. The number of ketones is 1. The van der Waals surface area contributed by atoms with Gasteiger partial charge in [-0.25, -0.2) is 0 Å². The largest absolute Gasteiger partial charge is 0.481 e. The third-order valence-corrected chi connectivity index (χ3v) is 27.7. The van der Waals surface area contributed by atoms with E-state index in [4.69, 9.17) is 23.8 Å². The lowest BCUT2D eigenvalue weighted by atomic mass is 9.62. The normalized spacial score (nSPS) is 26.0. The topological polar surface area (TPSA) is 177 Å². The molecule has 4 rings (SSSR count). The first-order chi connectivity index (χ1) is 34.0. The summed E-state index contributed by atoms with van der Waals surface area (Å²) >= 11 is 0. The average Bonchev–Trinajstić information content (AvgIpc) is 3.69. The van der Waals surface area contributed by atoms with Gasteiger partial charge in [0.25, 0.3) is 0 Å². The number of hydrogen-bond acceptors (Lipinski definition) is 9. The maximum atomic E-state index is 12.3. The summed E-state index contributed by atoms with van der Waals surface area (Å²) < 4.78 is 20.4. The van der Waals surface area contributed by atoms with Crippen molar-refractivity contribution in [3.63, 3.8) is 0 Å². The minimum Gasteiger partial charge on any atom is -0.481 e. The van der Waals surface area contributed by atoms with Gasteiger partial charge >= 0.3 is 17.9 Å². The van der Waals surface area contributed by atoms with Crippen LogP contribution in [0.4, 0.5) is 0 Å². The Bertz CT molecular complexity index is 1750. The molecule has 0 spiro atoms. The zero-order valence-electron chi connectivity index (χ0n) is 48.5. The summed E-state index contributed by atoms with van der Waals surface area (Å²) in [5.41, 5.74) is 0.357. The number of aliphatic hydroxyl groups is 2. The highest BCUT2D eigenvalue weighted by Crippen LogP contribution is 2.53. The third kappa shape index (κ3) is 19.7. The molecule has 9 atom stereocenters. The van der Waals surface area contributed by atoms with E-state index < -0.39 is 34.7 Å². The number of carbonyl (C=O) groups excluding carboxylic acids is 2. The summed E-state index contributed by atoms with van der Waals surface area (Å²) in [5.74, 6) is -1.52. The van der Waals surface area contributed by atoms with E-state index in [0.717, 1.165) is 89.9 Å². The first kappa shape index (κ1) is 65.1. The minimum atomic E-state index is -2.07. The number of unbranched alkanes of at least 4 members (excludes halogenated alkanes) is 6. The van der Waals surface area contributed by atoms with Gasteiger partial charge in [-0.2, -0.15) is 0 Å². The zero-order valence-corrected chi connectivity index (χ0v) is 50.5. The summed E-state index contributed by atoms with van der Waals surface area (Å²) in [7, 11) is -4.03. The van der Waals surface area contributed by atoms with Gasteiger partial charge in [0.2, 0.25) is 0 Å². The van der Waals surface area contributed by atoms with Crippen LogP contribution in [-0.2, 0) is 32.8 Å². The molecule has 4 N–H and O–H groups in total. The third-order valence-electron chi connectivity index (χ3n) is 18.8. The van der Waals surface area contributed by atoms with Crippen molar-refractivity contribution >= 4 is 40.3 Å². The Kier molecular flexibility index (Phi) is 26.4. The molecule has 422 valence electrons. The molecule has 3 unspecified atom stereocenters. The molecule has 11 nitrogen and oxygen atoms in total. The van der Waals surface area contributed by atoms with E-state index >= 15 is 0 Å². The Balaban J connectivity index is 0.000000429. The van der Waals surface area contributed by atoms with Crippen molar-refractivity contribution in [2.24, 2.45) is 34.5 Å². The van der Waals surface area contributed by atoms with Crippen LogP contribution in [0.5, 0.6) is 0 Å². The van der Waals surface area contributed by atoms with Gasteiger partial charge in [-0.1, -0.05) is 144 Å². The Morgan fingerprint density at radius 1 is 0.699 bits per heavy atom. The number of carboxylic acid groups (broad SMARTS) is 2. The highest BCUT2D eigenvalue weighted by Gasteiger charge is 2.51. The Hall–Kier alpha value is -2.17. The van der Waals surface area contributed by atoms with Gasteiger partial charge in [0, 0.05) is 56.3 Å². The Morgan fingerprint density at radius 2 is 1.19 bits per heavy atom. The summed E-state index contributed by atoms with van der Waals surface area (Å²) in [6.45, 7) is 29.3. The average molecular weight is 1060 g/mol. The quantitative estimate of drug-likeness (QED) is 0.0225. The van der Waals surface area contributed by atoms with Gasteiger partial charge in [0.1, 0.15) is 11.9 Å². The van der Waals surface area contributed by atoms with E-state index in [0.29, 0.717) is 19.3 Å². The van der Waals surface area contributed by atoms with Crippen LogP contribution in [0.3, 0.4) is 0 Å². The number of aliphatic carboxylic acids is 2. The molecule has 0 aromatic rings. The zero-order chi connectivity index (χ0) is 54.8. The molecule has 4 fully saturated rings. The van der Waals surface area contributed by atoms with Gasteiger partial charge in [0.05, 0.1) is 24.4 Å². The lowest BCUT2D eigenvalue weighted by molar-refractivity contribution is -0.148. The monoisotopic (exact) mass is 1060 g/mol. The SMILES string of the molecule is CCCC1(C(C/C=C/[C@H]2[C@H](O[Si](C)(C)C(C)(C)C)CC(OC(C)=O)[C@@H]2CCCCCCC(=O)O)O[Si](C)(C)C(C)(C)C)CCC1.CCCC1(C(O)C/C=C/[C@H]2[C@H](O)CC(=O)[C@@H]2CCCCCCC(=O)O)CCC1. The van der Waals surface area contributed by atoms with Gasteiger partial charge in [0.15, 0.2) is 16.6 Å². The Morgan fingerprint density at radius 3 is 1.67 bits per heavy atom. The van der Waals surface area contributed by atoms with Crippen molar-refractivity contribution in [3.8, 4) is 0 Å². The van der Waals surface area contributed by atoms with Crippen LogP contribution in [0.1, 0.15) is 229 Å². The van der Waals surface area contributed by atoms with E-state index in [9.17, 15) is 29.4 Å². The molecule has 0 aliphatic heterocycles. The first-order valence-corrected chi connectivity index (χ1v) is 35.1. The number of Topliss-reactive ketones (excluding diaryl/α,β-unsaturated/α-hetero) is 1. The fourth-order valence-corrected chi connectivity index (χ4v) is 14.8. The van der Waals surface area contributed by atoms with Gasteiger partial charge in [-0.05, 0) is 124 Å². The molecule has 0 aromatic heterocycles. The van der Waals surface area contributed by atoms with Crippen LogP contribution >= 0.6 is 0 Å². The molecule has 4 aliphatic rings. The molecule has 73 heavy (non-hydrogen) atoms. The number of ether oxygens (including phenoxy) is 1. The second kappa shape index (κ2) is 29.5. The second-order valence-corrected chi connectivity index (χ2v) is 35.8. The molecule has 0 saturated heterocycles. The number of hydrogen-bond donors (Lipinski definition) is 4. The molecule has 0 amide bonds. The number of rotatable bonds is 31. The molecule has 4 saturated carbocycles. The standard InChI is InChI=1S/C37H70O6Si2.C23H38O5/c1-13-24-37(25-19-26-37)33(43-45(11,12)36(6,7)8)22-18-21-30-29(20-16-14-15-17-23-34(39)40)31(41-28(2)38)27-32(30)42-44(9,10)35(3,4)5;1-2-13-23(14-8-15-23)21(26)11-7-10-18-17(19(24)16-20(18)25)9-5-3-4-6-12-22(27)28/h18,21,29-33H,13-17,19-20,22-27H2,1-12H3,(H,39,40);7,10,17-18,20-21,25-26H,2-6,8-9,11-16H2,1H3,(H,27,28)/b21-18+;10-7+/t29-,30-,31?,32-,33?;17-,18-,20-,21?/m11/s1. The van der Waals surface area contributed by atoms with Gasteiger partial charge < -0.3 is 34.0 Å². The van der Waals surface area contributed by atoms with Crippen molar-refractivity contribution in [1.29, 1.82) is 0 Å². The van der Waals surface area contributed by atoms with Crippen LogP contribution in [0.15, 0.2) is 24.3 Å². The lowest BCUT2D eigenvalue weighted by Crippen LogP contribution is -2.51. The summed E-state index contributed by atoms with van der Waals surface area (Å²) in [6, 6.07) is 0. The fourth-order valence-electron chi connectivity index (χ4n) is 12.0. The highest BCUT2D eigenvalue weighted by molar-refractivity contribution is 6.74. The van der Waals surface area contributed by atoms with E-state index in [1.54, 1.807) is 0 Å². The predicted molar refractivity (Wildman–Crippen MR) is 300 cm³/mol. The maximum absolute atomic E-state index is 12.3. The Labute approximate surface area is 446 Å². The molecule has 0 radical (unpaired) electrons. The number of carboxylic acids is 2. The molecule has 0 bridgehead atoms. The van der Waals surface area contributed by atoms with E-state index in [2.05, 4.69) is 93.7 Å². The fraction of sp³-hybridized carbons (Fsp3) is 0.867. The van der Waals surface area contributed by atoms with E-state index in [1.165, 1.54) is 45.4 Å². The van der Waals surface area contributed by atoms with Crippen molar-refractivity contribution in [3.05, 3.63) is 24.3 Å². The van der Waals surface area contributed by atoms with Crippen LogP contribution in [-0.4, -0.2) is 91.3 Å². The molecule has 13 heteroatoms. The van der Waals surface area contributed by atoms with E-state index in [1.807, 2.05) is 12.2 Å². The number of esters is 1.